The standard InChI is InChI=1S/C33H37FN4O3/c1-37-15-6-14-33(13-4-10-28(33)37)20-41-32-35-30-26(31(36-32)38-16-5-8-22(39)19-38)12-11-25(29(30)34)27-18-23(40)17-21-7-2-3-9-24(21)27/h2-3,7,9,11-12,17-18,22,28,39-40H,4-6,8,10,13-16,19-20H2,1H3. The lowest BCUT2D eigenvalue weighted by Crippen LogP contribution is -2.50. The molecule has 3 heterocycles. The summed E-state index contributed by atoms with van der Waals surface area (Å²) in [5, 5.41) is 23.2. The summed E-state index contributed by atoms with van der Waals surface area (Å²) in [6.07, 6.45) is 6.83. The van der Waals surface area contributed by atoms with Crippen LogP contribution in [0.25, 0.3) is 32.8 Å². The van der Waals surface area contributed by atoms with Gasteiger partial charge in [0.15, 0.2) is 5.82 Å². The predicted molar refractivity (Wildman–Crippen MR) is 159 cm³/mol. The van der Waals surface area contributed by atoms with Crippen LogP contribution in [0.4, 0.5) is 10.2 Å². The number of phenolic OH excluding ortho intramolecular Hbond substituents is 1. The molecule has 41 heavy (non-hydrogen) atoms. The van der Waals surface area contributed by atoms with Crippen LogP contribution in [0.1, 0.15) is 44.9 Å². The van der Waals surface area contributed by atoms with Crippen LogP contribution in [0.3, 0.4) is 0 Å². The Morgan fingerprint density at radius 3 is 2.71 bits per heavy atom. The summed E-state index contributed by atoms with van der Waals surface area (Å²) in [6, 6.07) is 15.2. The van der Waals surface area contributed by atoms with Crippen molar-refractivity contribution >= 4 is 27.5 Å². The number of anilines is 1. The zero-order valence-corrected chi connectivity index (χ0v) is 23.5. The highest BCUT2D eigenvalue weighted by Crippen LogP contribution is 2.47. The van der Waals surface area contributed by atoms with Crippen LogP contribution in [-0.4, -0.2) is 70.5 Å². The second-order valence-electron chi connectivity index (χ2n) is 12.3. The normalized spacial score (nSPS) is 25.1. The van der Waals surface area contributed by atoms with Crippen LogP contribution in [0.15, 0.2) is 48.5 Å². The molecule has 1 saturated carbocycles. The number of β-amino-alcohol motifs (C(OH)–C–C–N with tert-alkyl or cyclic N) is 1. The van der Waals surface area contributed by atoms with Gasteiger partial charge >= 0.3 is 6.01 Å². The summed E-state index contributed by atoms with van der Waals surface area (Å²) in [5.41, 5.74) is 1.22. The van der Waals surface area contributed by atoms with Crippen LogP contribution < -0.4 is 9.64 Å². The Labute approximate surface area is 239 Å². The minimum Gasteiger partial charge on any atom is -0.508 e. The first-order chi connectivity index (χ1) is 19.9. The third kappa shape index (κ3) is 4.67. The molecule has 7 rings (SSSR count). The highest BCUT2D eigenvalue weighted by molar-refractivity contribution is 6.01. The van der Waals surface area contributed by atoms with Crippen LogP contribution in [0, 0.1) is 11.2 Å². The SMILES string of the molecule is CN1CCCC2(COc3nc(N4CCCC(O)C4)c4ccc(-c5cc(O)cc6ccccc56)c(F)c4n3)CCCC12. The Morgan fingerprint density at radius 2 is 1.83 bits per heavy atom. The number of fused-ring (bicyclic) bond motifs is 3. The molecule has 0 bridgehead atoms. The van der Waals surface area contributed by atoms with E-state index >= 15 is 4.39 Å². The Balaban J connectivity index is 1.34. The van der Waals surface area contributed by atoms with Gasteiger partial charge in [0.2, 0.25) is 0 Å². The molecular weight excluding hydrogens is 519 g/mol. The summed E-state index contributed by atoms with van der Waals surface area (Å²) in [6.45, 7) is 2.77. The van der Waals surface area contributed by atoms with Crippen LogP contribution in [0.2, 0.25) is 0 Å². The Hall–Kier alpha value is -3.49. The number of aliphatic hydroxyl groups excluding tert-OH is 1. The summed E-state index contributed by atoms with van der Waals surface area (Å²) in [7, 11) is 2.21. The van der Waals surface area contributed by atoms with Crippen LogP contribution in [-0.2, 0) is 0 Å². The molecule has 3 fully saturated rings. The van der Waals surface area contributed by atoms with E-state index in [1.807, 2.05) is 35.2 Å². The summed E-state index contributed by atoms with van der Waals surface area (Å²) >= 11 is 0. The van der Waals surface area contributed by atoms with Crippen molar-refractivity contribution in [2.45, 2.75) is 57.1 Å². The van der Waals surface area contributed by atoms with Gasteiger partial charge in [-0.25, -0.2) is 4.39 Å². The van der Waals surface area contributed by atoms with E-state index in [0.29, 0.717) is 41.5 Å². The molecule has 0 spiro atoms. The number of rotatable bonds is 5. The van der Waals surface area contributed by atoms with Gasteiger partial charge in [0.1, 0.15) is 17.1 Å². The molecule has 0 radical (unpaired) electrons. The fraction of sp³-hybridized carbons (Fsp3) is 0.455. The molecule has 1 aliphatic carbocycles. The van der Waals surface area contributed by atoms with E-state index in [1.54, 1.807) is 18.2 Å². The van der Waals surface area contributed by atoms with Crippen LogP contribution in [0.5, 0.6) is 11.8 Å². The fourth-order valence-electron chi connectivity index (χ4n) is 7.69. The van der Waals surface area contributed by atoms with E-state index in [4.69, 9.17) is 9.72 Å². The first-order valence-electron chi connectivity index (χ1n) is 14.9. The molecule has 3 atom stereocenters. The van der Waals surface area contributed by atoms with Gasteiger partial charge in [-0.1, -0.05) is 36.8 Å². The molecule has 7 nitrogen and oxygen atoms in total. The largest absolute Gasteiger partial charge is 0.508 e. The minimum absolute atomic E-state index is 0.0632. The topological polar surface area (TPSA) is 82.0 Å². The number of ether oxygens (including phenoxy) is 1. The molecule has 3 aromatic carbocycles. The number of phenols is 1. The second kappa shape index (κ2) is 10.4. The number of aromatic nitrogens is 2. The number of nitrogens with zero attached hydrogens (tertiary/aromatic N) is 4. The van der Waals surface area contributed by atoms with Crippen molar-refractivity contribution in [3.8, 4) is 22.9 Å². The van der Waals surface area contributed by atoms with E-state index in [0.717, 1.165) is 56.0 Å². The molecule has 2 saturated heterocycles. The number of benzene rings is 3. The molecule has 1 aromatic heterocycles. The lowest BCUT2D eigenvalue weighted by atomic mass is 9.76. The number of aromatic hydroxyl groups is 1. The van der Waals surface area contributed by atoms with Gasteiger partial charge in [-0.2, -0.15) is 9.97 Å². The van der Waals surface area contributed by atoms with E-state index in [1.165, 1.54) is 12.8 Å². The molecule has 8 heteroatoms. The number of piperidine rings is 2. The molecule has 3 aliphatic rings. The molecule has 2 aliphatic heterocycles. The third-order valence-corrected chi connectivity index (χ3v) is 9.66. The van der Waals surface area contributed by atoms with Gasteiger partial charge in [-0.3, -0.25) is 0 Å². The summed E-state index contributed by atoms with van der Waals surface area (Å²) < 4.78 is 23.0. The van der Waals surface area contributed by atoms with E-state index in [-0.39, 0.29) is 22.7 Å². The third-order valence-electron chi connectivity index (χ3n) is 9.66. The highest BCUT2D eigenvalue weighted by atomic mass is 19.1. The minimum atomic E-state index is -0.474. The average Bonchev–Trinajstić information content (AvgIpc) is 3.41. The highest BCUT2D eigenvalue weighted by Gasteiger charge is 2.47. The zero-order valence-electron chi connectivity index (χ0n) is 23.5. The fourth-order valence-corrected chi connectivity index (χ4v) is 7.69. The smallest absolute Gasteiger partial charge is 0.319 e. The van der Waals surface area contributed by atoms with E-state index in [2.05, 4.69) is 16.9 Å². The lowest BCUT2D eigenvalue weighted by Gasteiger charge is -2.44. The van der Waals surface area contributed by atoms with Gasteiger partial charge in [0.25, 0.3) is 0 Å². The van der Waals surface area contributed by atoms with Gasteiger partial charge < -0.3 is 24.7 Å². The van der Waals surface area contributed by atoms with E-state index < -0.39 is 11.9 Å². The molecule has 4 aromatic rings. The van der Waals surface area contributed by atoms with Crippen molar-refractivity contribution in [2.24, 2.45) is 5.41 Å². The van der Waals surface area contributed by atoms with Gasteiger partial charge in [0.05, 0.1) is 12.7 Å². The number of hydrogen-bond acceptors (Lipinski definition) is 7. The van der Waals surface area contributed by atoms with Crippen molar-refractivity contribution in [3.63, 3.8) is 0 Å². The molecule has 214 valence electrons. The Bertz CT molecular complexity index is 1610. The number of hydrogen-bond donors (Lipinski definition) is 2. The molecule has 2 N–H and O–H groups in total. The first-order valence-corrected chi connectivity index (χ1v) is 14.9. The quantitative estimate of drug-likeness (QED) is 0.317. The average molecular weight is 557 g/mol. The lowest BCUT2D eigenvalue weighted by molar-refractivity contribution is 0.0133. The second-order valence-corrected chi connectivity index (χ2v) is 12.3. The Morgan fingerprint density at radius 1 is 0.976 bits per heavy atom. The number of halogens is 1. The zero-order chi connectivity index (χ0) is 28.1. The summed E-state index contributed by atoms with van der Waals surface area (Å²) in [4.78, 5) is 14.0. The molecule has 0 amide bonds. The van der Waals surface area contributed by atoms with E-state index in [9.17, 15) is 10.2 Å². The molecular formula is C33H37FN4O3. The van der Waals surface area contributed by atoms with Crippen molar-refractivity contribution in [1.82, 2.24) is 14.9 Å². The van der Waals surface area contributed by atoms with Crippen molar-refractivity contribution in [2.75, 3.05) is 38.2 Å². The Kier molecular flexibility index (Phi) is 6.70. The first kappa shape index (κ1) is 26.4. The van der Waals surface area contributed by atoms with Crippen molar-refractivity contribution in [1.29, 1.82) is 0 Å². The van der Waals surface area contributed by atoms with Crippen molar-refractivity contribution in [3.05, 3.63) is 54.3 Å². The maximum atomic E-state index is 16.6. The predicted octanol–water partition coefficient (Wildman–Crippen LogP) is 5.90. The molecule has 3 unspecified atom stereocenters. The monoisotopic (exact) mass is 556 g/mol. The summed E-state index contributed by atoms with van der Waals surface area (Å²) in [5.74, 6) is 0.200. The number of aliphatic hydroxyl groups is 1. The van der Waals surface area contributed by atoms with Gasteiger partial charge in [0, 0.05) is 35.5 Å². The van der Waals surface area contributed by atoms with Crippen LogP contribution >= 0.6 is 0 Å². The maximum absolute atomic E-state index is 16.6. The van der Waals surface area contributed by atoms with Gasteiger partial charge in [-0.15, -0.1) is 0 Å². The van der Waals surface area contributed by atoms with Gasteiger partial charge in [-0.05, 0) is 86.7 Å². The van der Waals surface area contributed by atoms with Crippen molar-refractivity contribution < 1.29 is 19.3 Å². The number of likely N-dealkylation sites (tertiary alicyclic amines) is 1. The maximum Gasteiger partial charge on any atom is 0.319 e.